The fourth-order valence-corrected chi connectivity index (χ4v) is 2.48. The lowest BCUT2D eigenvalue weighted by atomic mass is 10.1. The molecule has 0 bridgehead atoms. The SMILES string of the molecule is CC(=O)c1cc2c(cc1NC(=O)COC(=O)c1cccc([N+](=O)[O-])c1)OCO2. The Hall–Kier alpha value is -3.95. The van der Waals surface area contributed by atoms with Gasteiger partial charge in [0.15, 0.2) is 23.9 Å². The van der Waals surface area contributed by atoms with Crippen molar-refractivity contribution in [2.75, 3.05) is 18.7 Å². The second-order valence-corrected chi connectivity index (χ2v) is 5.74. The molecule has 0 aliphatic carbocycles. The number of nitrogens with zero attached hydrogens (tertiary/aromatic N) is 1. The van der Waals surface area contributed by atoms with Crippen LogP contribution < -0.4 is 14.8 Å². The zero-order valence-corrected chi connectivity index (χ0v) is 14.6. The second kappa shape index (κ2) is 7.74. The van der Waals surface area contributed by atoms with Gasteiger partial charge in [-0.2, -0.15) is 0 Å². The molecule has 10 heteroatoms. The number of benzene rings is 2. The number of Topliss-reactive ketones (excluding diaryl/α,β-unsaturated/α-hetero) is 1. The van der Waals surface area contributed by atoms with Crippen molar-refractivity contribution in [3.8, 4) is 11.5 Å². The molecule has 1 amide bonds. The fraction of sp³-hybridized carbons (Fsp3) is 0.167. The first-order valence-corrected chi connectivity index (χ1v) is 8.01. The highest BCUT2D eigenvalue weighted by Crippen LogP contribution is 2.37. The van der Waals surface area contributed by atoms with Crippen molar-refractivity contribution in [3.05, 3.63) is 57.6 Å². The van der Waals surface area contributed by atoms with E-state index in [-0.39, 0.29) is 35.1 Å². The lowest BCUT2D eigenvalue weighted by Gasteiger charge is -2.11. The fourth-order valence-electron chi connectivity index (χ4n) is 2.48. The van der Waals surface area contributed by atoms with E-state index in [1.54, 1.807) is 0 Å². The molecule has 0 spiro atoms. The van der Waals surface area contributed by atoms with E-state index in [1.165, 1.54) is 37.3 Å². The van der Waals surface area contributed by atoms with E-state index in [0.717, 1.165) is 6.07 Å². The van der Waals surface area contributed by atoms with Gasteiger partial charge in [-0.15, -0.1) is 0 Å². The number of amides is 1. The molecule has 1 N–H and O–H groups in total. The van der Waals surface area contributed by atoms with Crippen molar-refractivity contribution in [2.45, 2.75) is 6.92 Å². The summed E-state index contributed by atoms with van der Waals surface area (Å²) in [6.45, 7) is 0.688. The van der Waals surface area contributed by atoms with E-state index in [2.05, 4.69) is 5.32 Å². The zero-order valence-electron chi connectivity index (χ0n) is 14.6. The Morgan fingerprint density at radius 3 is 2.57 bits per heavy atom. The van der Waals surface area contributed by atoms with Crippen LogP contribution in [0.3, 0.4) is 0 Å². The molecule has 10 nitrogen and oxygen atoms in total. The molecule has 0 saturated heterocycles. The number of ether oxygens (including phenoxy) is 3. The molecule has 144 valence electrons. The molecule has 0 fully saturated rings. The molecule has 2 aromatic carbocycles. The molecular formula is C18H14N2O8. The van der Waals surface area contributed by atoms with Crippen LogP contribution in [0.1, 0.15) is 27.6 Å². The minimum absolute atomic E-state index is 0.00486. The third-order valence-electron chi connectivity index (χ3n) is 3.79. The molecule has 0 saturated carbocycles. The van der Waals surface area contributed by atoms with Gasteiger partial charge in [-0.3, -0.25) is 19.7 Å². The predicted octanol–water partition coefficient (Wildman–Crippen LogP) is 2.32. The van der Waals surface area contributed by atoms with Crippen LogP contribution in [0, 0.1) is 10.1 Å². The van der Waals surface area contributed by atoms with Gasteiger partial charge in [-0.05, 0) is 19.1 Å². The summed E-state index contributed by atoms with van der Waals surface area (Å²) in [4.78, 5) is 46.0. The smallest absolute Gasteiger partial charge is 0.338 e. The number of nitro groups is 1. The highest BCUT2D eigenvalue weighted by Gasteiger charge is 2.21. The molecule has 0 radical (unpaired) electrons. The molecule has 1 heterocycles. The summed E-state index contributed by atoms with van der Waals surface area (Å²) in [7, 11) is 0. The summed E-state index contributed by atoms with van der Waals surface area (Å²) in [6, 6.07) is 7.84. The Kier molecular flexibility index (Phi) is 5.21. The molecular weight excluding hydrogens is 372 g/mol. The van der Waals surface area contributed by atoms with Gasteiger partial charge in [0.1, 0.15) is 0 Å². The van der Waals surface area contributed by atoms with Gasteiger partial charge in [0.05, 0.1) is 16.2 Å². The zero-order chi connectivity index (χ0) is 20.3. The highest BCUT2D eigenvalue weighted by atomic mass is 16.7. The first-order valence-electron chi connectivity index (χ1n) is 8.01. The minimum atomic E-state index is -0.892. The standard InChI is InChI=1S/C18H14N2O8/c1-10(21)13-6-15-16(28-9-27-15)7-14(13)19-17(22)8-26-18(23)11-3-2-4-12(5-11)20(24)25/h2-7H,8-9H2,1H3,(H,19,22). The molecule has 0 unspecified atom stereocenters. The molecule has 28 heavy (non-hydrogen) atoms. The van der Waals surface area contributed by atoms with Crippen molar-refractivity contribution in [2.24, 2.45) is 0 Å². The highest BCUT2D eigenvalue weighted by molar-refractivity contribution is 6.05. The number of nitro benzene ring substituents is 1. The number of carbonyl (C=O) groups excluding carboxylic acids is 3. The van der Waals surface area contributed by atoms with Crippen molar-refractivity contribution in [3.63, 3.8) is 0 Å². The number of nitrogens with one attached hydrogen (secondary N) is 1. The number of ketones is 1. The van der Waals surface area contributed by atoms with Crippen molar-refractivity contribution < 1.29 is 33.5 Å². The van der Waals surface area contributed by atoms with Crippen molar-refractivity contribution >= 4 is 29.0 Å². The number of anilines is 1. The van der Waals surface area contributed by atoms with E-state index in [0.29, 0.717) is 11.5 Å². The third kappa shape index (κ3) is 4.06. The number of carbonyl (C=O) groups is 3. The normalized spacial score (nSPS) is 11.6. The summed E-state index contributed by atoms with van der Waals surface area (Å²) in [5.74, 6) is -1.13. The van der Waals surface area contributed by atoms with Gasteiger partial charge in [0.2, 0.25) is 6.79 Å². The number of fused-ring (bicyclic) bond motifs is 1. The Labute approximate surface area is 158 Å². The molecule has 0 atom stereocenters. The van der Waals surface area contributed by atoms with Crippen molar-refractivity contribution in [1.82, 2.24) is 0 Å². The maximum atomic E-state index is 12.1. The molecule has 0 aromatic heterocycles. The van der Waals surface area contributed by atoms with Crippen LogP contribution in [-0.4, -0.2) is 36.0 Å². The minimum Gasteiger partial charge on any atom is -0.454 e. The summed E-state index contributed by atoms with van der Waals surface area (Å²) < 4.78 is 15.3. The van der Waals surface area contributed by atoms with E-state index in [9.17, 15) is 24.5 Å². The number of hydrogen-bond acceptors (Lipinski definition) is 8. The van der Waals surface area contributed by atoms with E-state index in [1.807, 2.05) is 0 Å². The molecule has 1 aliphatic heterocycles. The Morgan fingerprint density at radius 2 is 1.89 bits per heavy atom. The van der Waals surface area contributed by atoms with Gasteiger partial charge in [0.25, 0.3) is 11.6 Å². The number of hydrogen-bond donors (Lipinski definition) is 1. The molecule has 3 rings (SSSR count). The first kappa shape index (κ1) is 18.8. The van der Waals surface area contributed by atoms with E-state index < -0.39 is 23.4 Å². The Balaban J connectivity index is 1.66. The summed E-state index contributed by atoms with van der Waals surface area (Å²) >= 11 is 0. The molecule has 1 aliphatic rings. The Morgan fingerprint density at radius 1 is 1.18 bits per heavy atom. The second-order valence-electron chi connectivity index (χ2n) is 5.74. The van der Waals surface area contributed by atoms with Gasteiger partial charge in [-0.1, -0.05) is 6.07 Å². The van der Waals surface area contributed by atoms with Crippen LogP contribution >= 0.6 is 0 Å². The topological polar surface area (TPSA) is 134 Å². The van der Waals surface area contributed by atoms with Crippen LogP contribution in [0.25, 0.3) is 0 Å². The maximum absolute atomic E-state index is 12.1. The predicted molar refractivity (Wildman–Crippen MR) is 94.6 cm³/mol. The summed E-state index contributed by atoms with van der Waals surface area (Å²) in [5, 5.41) is 13.2. The summed E-state index contributed by atoms with van der Waals surface area (Å²) in [5.41, 5.74) is 0.0654. The number of non-ortho nitro benzene ring substituents is 1. The van der Waals surface area contributed by atoms with Crippen LogP contribution in [-0.2, 0) is 9.53 Å². The quantitative estimate of drug-likeness (QED) is 0.346. The van der Waals surface area contributed by atoms with Crippen LogP contribution in [0.15, 0.2) is 36.4 Å². The van der Waals surface area contributed by atoms with Gasteiger partial charge >= 0.3 is 5.97 Å². The van der Waals surface area contributed by atoms with Crippen LogP contribution in [0.5, 0.6) is 11.5 Å². The van der Waals surface area contributed by atoms with Crippen molar-refractivity contribution in [1.29, 1.82) is 0 Å². The average molecular weight is 386 g/mol. The van der Waals surface area contributed by atoms with Crippen LogP contribution in [0.4, 0.5) is 11.4 Å². The van der Waals surface area contributed by atoms with Gasteiger partial charge in [0, 0.05) is 23.8 Å². The first-order chi connectivity index (χ1) is 13.3. The van der Waals surface area contributed by atoms with Gasteiger partial charge in [-0.25, -0.2) is 4.79 Å². The Bertz CT molecular complexity index is 986. The van der Waals surface area contributed by atoms with E-state index >= 15 is 0 Å². The monoisotopic (exact) mass is 386 g/mol. The lowest BCUT2D eigenvalue weighted by Crippen LogP contribution is -2.22. The summed E-state index contributed by atoms with van der Waals surface area (Å²) in [6.07, 6.45) is 0. The van der Waals surface area contributed by atoms with E-state index in [4.69, 9.17) is 14.2 Å². The van der Waals surface area contributed by atoms with Gasteiger partial charge < -0.3 is 19.5 Å². The van der Waals surface area contributed by atoms with Crippen LogP contribution in [0.2, 0.25) is 0 Å². The lowest BCUT2D eigenvalue weighted by molar-refractivity contribution is -0.384. The maximum Gasteiger partial charge on any atom is 0.338 e. The number of esters is 1. The third-order valence-corrected chi connectivity index (χ3v) is 3.79. The average Bonchev–Trinajstić information content (AvgIpc) is 3.12. The molecule has 2 aromatic rings. The largest absolute Gasteiger partial charge is 0.454 e. The number of rotatable bonds is 6.